The van der Waals surface area contributed by atoms with E-state index in [0.717, 1.165) is 5.56 Å². The molecule has 164 valence electrons. The Balaban J connectivity index is 1.36. The maximum Gasteiger partial charge on any atom is 0.264 e. The van der Waals surface area contributed by atoms with Crippen molar-refractivity contribution in [3.8, 4) is 0 Å². The summed E-state index contributed by atoms with van der Waals surface area (Å²) in [4.78, 5) is 34.3. The Hall–Kier alpha value is -3.79. The van der Waals surface area contributed by atoms with Crippen molar-refractivity contribution in [3.05, 3.63) is 78.6 Å². The summed E-state index contributed by atoms with van der Waals surface area (Å²) >= 11 is 0. The maximum absolute atomic E-state index is 12.6. The van der Waals surface area contributed by atoms with Gasteiger partial charge in [-0.2, -0.15) is 0 Å². The van der Waals surface area contributed by atoms with Gasteiger partial charge in [-0.15, -0.1) is 0 Å². The number of likely N-dealkylation sites (tertiary alicyclic amines) is 1. The number of nitrogens with one attached hydrogen (secondary N) is 2. The SMILES string of the molecule is O=C(Nc1ccc(S(=O)(=O)Nc2ncccn2)cc1)[C@@H]1CC(=O)N(Cc2ccccc2)C1. The molecule has 0 bridgehead atoms. The standard InChI is InChI=1S/C22H21N5O4S/c28-20-13-17(15-27(20)14-16-5-2-1-3-6-16)21(29)25-18-7-9-19(10-8-18)32(30,31)26-22-23-11-4-12-24-22/h1-12,17H,13-15H2,(H,25,29)(H,23,24,26)/t17-/m1/s1. The molecular weight excluding hydrogens is 430 g/mol. The van der Waals surface area contributed by atoms with Crippen LogP contribution in [-0.2, 0) is 26.2 Å². The summed E-state index contributed by atoms with van der Waals surface area (Å²) in [5.41, 5.74) is 1.45. The summed E-state index contributed by atoms with van der Waals surface area (Å²) in [6.45, 7) is 0.807. The lowest BCUT2D eigenvalue weighted by atomic mass is 10.1. The summed E-state index contributed by atoms with van der Waals surface area (Å²) in [6.07, 6.45) is 3.00. The highest BCUT2D eigenvalue weighted by molar-refractivity contribution is 7.92. The van der Waals surface area contributed by atoms with Gasteiger partial charge in [-0.05, 0) is 35.9 Å². The van der Waals surface area contributed by atoms with Gasteiger partial charge in [0.1, 0.15) is 0 Å². The predicted molar refractivity (Wildman–Crippen MR) is 118 cm³/mol. The fourth-order valence-corrected chi connectivity index (χ4v) is 4.36. The van der Waals surface area contributed by atoms with E-state index in [9.17, 15) is 18.0 Å². The van der Waals surface area contributed by atoms with E-state index in [1.807, 2.05) is 30.3 Å². The molecule has 2 heterocycles. The first-order valence-electron chi connectivity index (χ1n) is 9.93. The van der Waals surface area contributed by atoms with E-state index in [1.54, 1.807) is 11.0 Å². The normalized spacial score (nSPS) is 16.1. The second-order valence-electron chi connectivity index (χ2n) is 7.35. The van der Waals surface area contributed by atoms with Crippen molar-refractivity contribution in [2.45, 2.75) is 17.9 Å². The highest BCUT2D eigenvalue weighted by atomic mass is 32.2. The number of aromatic nitrogens is 2. The molecule has 1 aromatic heterocycles. The van der Waals surface area contributed by atoms with Crippen LogP contribution < -0.4 is 10.0 Å². The third-order valence-electron chi connectivity index (χ3n) is 5.03. The average Bonchev–Trinajstić information content (AvgIpc) is 3.15. The fraction of sp³-hybridized carbons (Fsp3) is 0.182. The number of amides is 2. The van der Waals surface area contributed by atoms with Crippen LogP contribution in [0.4, 0.5) is 11.6 Å². The van der Waals surface area contributed by atoms with Crippen molar-refractivity contribution in [2.24, 2.45) is 5.92 Å². The largest absolute Gasteiger partial charge is 0.338 e. The lowest BCUT2D eigenvalue weighted by Gasteiger charge is -2.16. The van der Waals surface area contributed by atoms with Crippen molar-refractivity contribution in [1.82, 2.24) is 14.9 Å². The molecule has 1 fully saturated rings. The van der Waals surface area contributed by atoms with E-state index in [2.05, 4.69) is 20.0 Å². The number of sulfonamides is 1. The second-order valence-corrected chi connectivity index (χ2v) is 9.03. The van der Waals surface area contributed by atoms with Crippen LogP contribution in [0.5, 0.6) is 0 Å². The minimum absolute atomic E-state index is 0.00744. The summed E-state index contributed by atoms with van der Waals surface area (Å²) in [5, 5.41) is 2.76. The summed E-state index contributed by atoms with van der Waals surface area (Å²) in [5.74, 6) is -0.840. The van der Waals surface area contributed by atoms with Crippen LogP contribution in [0.25, 0.3) is 0 Å². The minimum atomic E-state index is -3.86. The number of nitrogens with zero attached hydrogens (tertiary/aromatic N) is 3. The Labute approximate surface area is 185 Å². The predicted octanol–water partition coefficient (Wildman–Crippen LogP) is 2.26. The molecule has 2 aromatic carbocycles. The molecule has 1 atom stereocenters. The van der Waals surface area contributed by atoms with Gasteiger partial charge in [0.25, 0.3) is 10.0 Å². The average molecular weight is 452 g/mol. The van der Waals surface area contributed by atoms with Gasteiger partial charge in [-0.3, -0.25) is 9.59 Å². The zero-order valence-corrected chi connectivity index (χ0v) is 17.8. The van der Waals surface area contributed by atoms with Crippen LogP contribution in [0.15, 0.2) is 78.0 Å². The Morgan fingerprint density at radius 1 is 1.00 bits per heavy atom. The van der Waals surface area contributed by atoms with Crippen molar-refractivity contribution >= 4 is 33.5 Å². The lowest BCUT2D eigenvalue weighted by Crippen LogP contribution is -2.28. The van der Waals surface area contributed by atoms with E-state index < -0.39 is 15.9 Å². The lowest BCUT2D eigenvalue weighted by molar-refractivity contribution is -0.128. The number of hydrogen-bond acceptors (Lipinski definition) is 6. The van der Waals surface area contributed by atoms with Gasteiger partial charge in [0, 0.05) is 37.6 Å². The topological polar surface area (TPSA) is 121 Å². The first-order chi connectivity index (χ1) is 15.4. The van der Waals surface area contributed by atoms with Crippen molar-refractivity contribution < 1.29 is 18.0 Å². The molecule has 1 saturated heterocycles. The number of carbonyl (C=O) groups excluding carboxylic acids is 2. The van der Waals surface area contributed by atoms with Crippen molar-refractivity contribution in [3.63, 3.8) is 0 Å². The van der Waals surface area contributed by atoms with Crippen LogP contribution in [0.3, 0.4) is 0 Å². The summed E-state index contributed by atoms with van der Waals surface area (Å²) in [7, 11) is -3.86. The number of anilines is 2. The van der Waals surface area contributed by atoms with E-state index in [1.165, 1.54) is 36.7 Å². The Morgan fingerprint density at radius 3 is 2.38 bits per heavy atom. The molecule has 32 heavy (non-hydrogen) atoms. The molecule has 0 spiro atoms. The van der Waals surface area contributed by atoms with E-state index in [4.69, 9.17) is 0 Å². The van der Waals surface area contributed by atoms with Crippen LogP contribution >= 0.6 is 0 Å². The van der Waals surface area contributed by atoms with Gasteiger partial charge in [-0.25, -0.2) is 23.1 Å². The number of benzene rings is 2. The minimum Gasteiger partial charge on any atom is -0.338 e. The van der Waals surface area contributed by atoms with E-state index in [0.29, 0.717) is 18.8 Å². The van der Waals surface area contributed by atoms with Gasteiger partial charge >= 0.3 is 0 Å². The van der Waals surface area contributed by atoms with E-state index >= 15 is 0 Å². The van der Waals surface area contributed by atoms with Crippen molar-refractivity contribution in [1.29, 1.82) is 0 Å². The maximum atomic E-state index is 12.6. The molecule has 10 heteroatoms. The molecular formula is C22H21N5O4S. The first kappa shape index (κ1) is 21.4. The molecule has 0 unspecified atom stereocenters. The third-order valence-corrected chi connectivity index (χ3v) is 6.37. The molecule has 4 rings (SSSR count). The highest BCUT2D eigenvalue weighted by Crippen LogP contribution is 2.23. The quantitative estimate of drug-likeness (QED) is 0.568. The van der Waals surface area contributed by atoms with Gasteiger partial charge in [0.2, 0.25) is 17.8 Å². The molecule has 0 aliphatic carbocycles. The Morgan fingerprint density at radius 2 is 1.69 bits per heavy atom. The summed E-state index contributed by atoms with van der Waals surface area (Å²) in [6, 6.07) is 16.9. The van der Waals surface area contributed by atoms with Gasteiger partial charge in [-0.1, -0.05) is 30.3 Å². The number of carbonyl (C=O) groups is 2. The Bertz CT molecular complexity index is 1200. The molecule has 3 aromatic rings. The number of hydrogen-bond donors (Lipinski definition) is 2. The van der Waals surface area contributed by atoms with Crippen LogP contribution in [0.2, 0.25) is 0 Å². The van der Waals surface area contributed by atoms with Gasteiger partial charge in [0.15, 0.2) is 0 Å². The molecule has 9 nitrogen and oxygen atoms in total. The zero-order chi connectivity index (χ0) is 22.6. The molecule has 0 radical (unpaired) electrons. The second kappa shape index (κ2) is 9.15. The van der Waals surface area contributed by atoms with E-state index in [-0.39, 0.29) is 29.1 Å². The zero-order valence-electron chi connectivity index (χ0n) is 17.0. The molecule has 2 N–H and O–H groups in total. The van der Waals surface area contributed by atoms with Crippen LogP contribution in [0.1, 0.15) is 12.0 Å². The highest BCUT2D eigenvalue weighted by Gasteiger charge is 2.34. The third kappa shape index (κ3) is 5.09. The van der Waals surface area contributed by atoms with Crippen molar-refractivity contribution in [2.75, 3.05) is 16.6 Å². The fourth-order valence-electron chi connectivity index (χ4n) is 3.40. The summed E-state index contributed by atoms with van der Waals surface area (Å²) < 4.78 is 27.2. The number of rotatable bonds is 7. The van der Waals surface area contributed by atoms with Gasteiger partial charge in [0.05, 0.1) is 10.8 Å². The molecule has 1 aliphatic heterocycles. The monoisotopic (exact) mass is 451 g/mol. The van der Waals surface area contributed by atoms with Crippen LogP contribution in [-0.4, -0.2) is 41.6 Å². The first-order valence-corrected chi connectivity index (χ1v) is 11.4. The molecule has 1 aliphatic rings. The van der Waals surface area contributed by atoms with Crippen LogP contribution in [0, 0.1) is 5.92 Å². The smallest absolute Gasteiger partial charge is 0.264 e. The van der Waals surface area contributed by atoms with Gasteiger partial charge < -0.3 is 10.2 Å². The molecule has 2 amide bonds. The Kier molecular flexibility index (Phi) is 6.13. The molecule has 0 saturated carbocycles.